The lowest BCUT2D eigenvalue weighted by Gasteiger charge is -2.36. The quantitative estimate of drug-likeness (QED) is 0.804. The maximum atomic E-state index is 12.2. The van der Waals surface area contributed by atoms with E-state index in [-0.39, 0.29) is 12.6 Å². The zero-order valence-electron chi connectivity index (χ0n) is 12.4. The normalized spacial score (nSPS) is 18.6. The highest BCUT2D eigenvalue weighted by atomic mass is 32.2. The summed E-state index contributed by atoms with van der Waals surface area (Å²) in [5, 5.41) is 9.12. The van der Waals surface area contributed by atoms with Gasteiger partial charge in [0.15, 0.2) is 0 Å². The van der Waals surface area contributed by atoms with Gasteiger partial charge in [-0.05, 0) is 51.5 Å². The van der Waals surface area contributed by atoms with E-state index in [0.29, 0.717) is 6.42 Å². The Hall–Kier alpha value is -0.220. The van der Waals surface area contributed by atoms with Crippen molar-refractivity contribution in [1.82, 2.24) is 0 Å². The van der Waals surface area contributed by atoms with Gasteiger partial charge in [-0.2, -0.15) is 11.8 Å². The Morgan fingerprint density at radius 3 is 2.17 bits per heavy atom. The van der Waals surface area contributed by atoms with Crippen molar-refractivity contribution in [3.63, 3.8) is 0 Å². The predicted octanol–water partition coefficient (Wildman–Crippen LogP) is 3.25. The largest absolute Gasteiger partial charge is 0.460 e. The van der Waals surface area contributed by atoms with Gasteiger partial charge < -0.3 is 9.84 Å². The highest BCUT2D eigenvalue weighted by Gasteiger charge is 2.42. The second-order valence-electron chi connectivity index (χ2n) is 5.37. The molecule has 1 fully saturated rings. The zero-order valence-corrected chi connectivity index (χ0v) is 13.2. The summed E-state index contributed by atoms with van der Waals surface area (Å²) in [7, 11) is 0. The van der Waals surface area contributed by atoms with Crippen LogP contribution in [0, 0.1) is 5.41 Å². The first-order chi connectivity index (χ1) is 8.40. The molecule has 0 amide bonds. The molecule has 0 atom stereocenters. The lowest BCUT2D eigenvalue weighted by molar-refractivity contribution is -0.169. The third-order valence-corrected chi connectivity index (χ3v) is 3.86. The van der Waals surface area contributed by atoms with E-state index >= 15 is 0 Å². The van der Waals surface area contributed by atoms with Crippen LogP contribution in [0.3, 0.4) is 0 Å². The maximum Gasteiger partial charge on any atom is 0.312 e. The van der Waals surface area contributed by atoms with Gasteiger partial charge in [0.05, 0.1) is 5.41 Å². The number of hydrogen-bond acceptors (Lipinski definition) is 4. The standard InChI is InChI=1S/C12H22O3S.C2H6/c1-11(2,3)15-10(14)12(4-7-13)5-8-16-9-6-12;1-2/h13H,4-9H2,1-3H3;1-2H3. The molecule has 0 spiro atoms. The van der Waals surface area contributed by atoms with Crippen molar-refractivity contribution in [2.24, 2.45) is 5.41 Å². The average Bonchev–Trinajstić information content (AvgIpc) is 2.31. The van der Waals surface area contributed by atoms with Crippen molar-refractivity contribution < 1.29 is 14.6 Å². The molecule has 0 radical (unpaired) electrons. The lowest BCUT2D eigenvalue weighted by atomic mass is 9.79. The van der Waals surface area contributed by atoms with Crippen molar-refractivity contribution in [3.8, 4) is 0 Å². The van der Waals surface area contributed by atoms with Gasteiger partial charge in [-0.15, -0.1) is 0 Å². The summed E-state index contributed by atoms with van der Waals surface area (Å²) >= 11 is 1.87. The Bertz CT molecular complexity index is 234. The molecule has 1 rings (SSSR count). The monoisotopic (exact) mass is 276 g/mol. The second-order valence-corrected chi connectivity index (χ2v) is 6.59. The van der Waals surface area contributed by atoms with Crippen LogP contribution >= 0.6 is 11.8 Å². The second kappa shape index (κ2) is 8.05. The number of carbonyl (C=O) groups excluding carboxylic acids is 1. The highest BCUT2D eigenvalue weighted by molar-refractivity contribution is 7.99. The fourth-order valence-electron chi connectivity index (χ4n) is 1.92. The number of rotatable bonds is 3. The molecule has 1 N–H and O–H groups in total. The molecule has 0 aromatic carbocycles. The van der Waals surface area contributed by atoms with Crippen molar-refractivity contribution in [2.75, 3.05) is 18.1 Å². The molecule has 18 heavy (non-hydrogen) atoms. The third-order valence-electron chi connectivity index (χ3n) is 2.87. The topological polar surface area (TPSA) is 46.5 Å². The summed E-state index contributed by atoms with van der Waals surface area (Å²) in [5.74, 6) is 1.84. The molecule has 0 unspecified atom stereocenters. The van der Waals surface area contributed by atoms with Crippen LogP contribution in [0.5, 0.6) is 0 Å². The third kappa shape index (κ3) is 5.61. The molecule has 1 heterocycles. The van der Waals surface area contributed by atoms with Crippen LogP contribution in [-0.2, 0) is 9.53 Å². The summed E-state index contributed by atoms with van der Waals surface area (Å²) in [6, 6.07) is 0. The fourth-order valence-corrected chi connectivity index (χ4v) is 3.19. The molecular formula is C14H28O3S. The van der Waals surface area contributed by atoms with Crippen molar-refractivity contribution in [2.45, 2.75) is 59.5 Å². The molecule has 0 bridgehead atoms. The lowest BCUT2D eigenvalue weighted by Crippen LogP contribution is -2.41. The van der Waals surface area contributed by atoms with Crippen molar-refractivity contribution in [3.05, 3.63) is 0 Å². The van der Waals surface area contributed by atoms with Crippen LogP contribution in [0.1, 0.15) is 53.9 Å². The van der Waals surface area contributed by atoms with Crippen molar-refractivity contribution >= 4 is 17.7 Å². The number of aliphatic hydroxyl groups excluding tert-OH is 1. The van der Waals surface area contributed by atoms with E-state index in [2.05, 4.69) is 0 Å². The summed E-state index contributed by atoms with van der Waals surface area (Å²) in [5.41, 5.74) is -0.878. The molecule has 3 nitrogen and oxygen atoms in total. The van der Waals surface area contributed by atoms with Gasteiger partial charge in [0.1, 0.15) is 5.60 Å². The van der Waals surface area contributed by atoms with Crippen LogP contribution in [0.2, 0.25) is 0 Å². The van der Waals surface area contributed by atoms with E-state index in [4.69, 9.17) is 9.84 Å². The molecule has 1 aliphatic heterocycles. The van der Waals surface area contributed by atoms with E-state index < -0.39 is 11.0 Å². The minimum Gasteiger partial charge on any atom is -0.460 e. The van der Waals surface area contributed by atoms with Gasteiger partial charge in [-0.1, -0.05) is 13.8 Å². The Labute approximate surface area is 116 Å². The highest BCUT2D eigenvalue weighted by Crippen LogP contribution is 2.39. The van der Waals surface area contributed by atoms with Gasteiger partial charge in [0.2, 0.25) is 0 Å². The van der Waals surface area contributed by atoms with E-state index in [1.807, 2.05) is 46.4 Å². The molecule has 0 aromatic rings. The molecule has 1 aliphatic rings. The minimum absolute atomic E-state index is 0.0594. The van der Waals surface area contributed by atoms with Gasteiger partial charge in [-0.3, -0.25) is 4.79 Å². The van der Waals surface area contributed by atoms with Gasteiger partial charge in [-0.25, -0.2) is 0 Å². The SMILES string of the molecule is CC.CC(C)(C)OC(=O)C1(CCO)CCSCC1. The number of carbonyl (C=O) groups is 1. The van der Waals surface area contributed by atoms with E-state index in [0.717, 1.165) is 24.3 Å². The number of esters is 1. The Morgan fingerprint density at radius 2 is 1.78 bits per heavy atom. The molecular weight excluding hydrogens is 248 g/mol. The van der Waals surface area contributed by atoms with E-state index in [1.165, 1.54) is 0 Å². The molecule has 0 aromatic heterocycles. The van der Waals surface area contributed by atoms with E-state index in [1.54, 1.807) is 0 Å². The minimum atomic E-state index is -0.440. The average molecular weight is 276 g/mol. The summed E-state index contributed by atoms with van der Waals surface area (Å²) in [6.45, 7) is 9.71. The molecule has 4 heteroatoms. The van der Waals surface area contributed by atoms with Gasteiger partial charge in [0, 0.05) is 6.61 Å². The Balaban J connectivity index is 0.00000137. The molecule has 0 aliphatic carbocycles. The van der Waals surface area contributed by atoms with E-state index in [9.17, 15) is 4.79 Å². The van der Waals surface area contributed by atoms with Crippen LogP contribution in [0.4, 0.5) is 0 Å². The number of thioether (sulfide) groups is 1. The first-order valence-electron chi connectivity index (χ1n) is 6.82. The first kappa shape index (κ1) is 17.8. The smallest absolute Gasteiger partial charge is 0.312 e. The van der Waals surface area contributed by atoms with Gasteiger partial charge >= 0.3 is 5.97 Å². The summed E-state index contributed by atoms with van der Waals surface area (Å²) < 4.78 is 5.47. The Morgan fingerprint density at radius 1 is 1.28 bits per heavy atom. The molecule has 0 saturated carbocycles. The Kier molecular flexibility index (Phi) is 7.95. The van der Waals surface area contributed by atoms with Gasteiger partial charge in [0.25, 0.3) is 0 Å². The summed E-state index contributed by atoms with van der Waals surface area (Å²) in [4.78, 5) is 12.2. The predicted molar refractivity (Wildman–Crippen MR) is 77.9 cm³/mol. The van der Waals surface area contributed by atoms with Crippen LogP contribution in [-0.4, -0.2) is 34.8 Å². The number of hydrogen-bond donors (Lipinski definition) is 1. The fraction of sp³-hybridized carbons (Fsp3) is 0.929. The first-order valence-corrected chi connectivity index (χ1v) is 7.97. The van der Waals surface area contributed by atoms with Crippen molar-refractivity contribution in [1.29, 1.82) is 0 Å². The maximum absolute atomic E-state index is 12.2. The van der Waals surface area contributed by atoms with Crippen LogP contribution in [0.25, 0.3) is 0 Å². The zero-order chi connectivity index (χ0) is 14.2. The molecule has 108 valence electrons. The van der Waals surface area contributed by atoms with Crippen LogP contribution in [0.15, 0.2) is 0 Å². The summed E-state index contributed by atoms with van der Waals surface area (Å²) in [6.07, 6.45) is 2.18. The molecule has 1 saturated heterocycles. The number of ether oxygens (including phenoxy) is 1. The van der Waals surface area contributed by atoms with Crippen LogP contribution < -0.4 is 0 Å². The number of aliphatic hydroxyl groups is 1.